The highest BCUT2D eigenvalue weighted by Gasteiger charge is 2.47. The van der Waals surface area contributed by atoms with Crippen molar-refractivity contribution < 1.29 is 19.4 Å². The summed E-state index contributed by atoms with van der Waals surface area (Å²) in [6.07, 6.45) is 0. The van der Waals surface area contributed by atoms with Gasteiger partial charge in [-0.1, -0.05) is 76.6 Å². The molecule has 1 unspecified atom stereocenters. The first-order valence-electron chi connectivity index (χ1n) is 13.1. The van der Waals surface area contributed by atoms with Gasteiger partial charge in [0.2, 0.25) is 0 Å². The highest BCUT2D eigenvalue weighted by molar-refractivity contribution is 6.51. The fraction of sp³-hybridized carbons (Fsp3) is 0.333. The van der Waals surface area contributed by atoms with Gasteiger partial charge >= 0.3 is 0 Å². The number of ketones is 1. The van der Waals surface area contributed by atoms with Gasteiger partial charge in [-0.15, -0.1) is 0 Å². The van der Waals surface area contributed by atoms with E-state index in [1.54, 1.807) is 0 Å². The number of carbonyl (C=O) groups excluding carboxylic acids is 2. The molecule has 1 saturated heterocycles. The summed E-state index contributed by atoms with van der Waals surface area (Å²) in [5, 5.41) is 11.7. The summed E-state index contributed by atoms with van der Waals surface area (Å²) in [6.45, 7) is 14.8. The minimum absolute atomic E-state index is 0.0748. The lowest BCUT2D eigenvalue weighted by molar-refractivity contribution is -0.132. The van der Waals surface area contributed by atoms with Crippen molar-refractivity contribution in [3.05, 3.63) is 100 Å². The molecular weight excluding hydrogens is 474 g/mol. The van der Waals surface area contributed by atoms with Crippen molar-refractivity contribution in [2.24, 2.45) is 5.92 Å². The van der Waals surface area contributed by atoms with Crippen molar-refractivity contribution in [2.45, 2.75) is 59.9 Å². The molecule has 5 nitrogen and oxygen atoms in total. The van der Waals surface area contributed by atoms with Gasteiger partial charge in [0.25, 0.3) is 11.7 Å². The molecule has 3 aromatic carbocycles. The summed E-state index contributed by atoms with van der Waals surface area (Å²) in [4.78, 5) is 28.6. The number of anilines is 1. The van der Waals surface area contributed by atoms with E-state index in [1.165, 1.54) is 4.90 Å². The number of amides is 1. The molecule has 1 fully saturated rings. The summed E-state index contributed by atoms with van der Waals surface area (Å²) in [6, 6.07) is 20.0. The zero-order chi connectivity index (χ0) is 27.8. The smallest absolute Gasteiger partial charge is 0.300 e. The summed E-state index contributed by atoms with van der Waals surface area (Å²) >= 11 is 0. The quantitative estimate of drug-likeness (QED) is 0.215. The van der Waals surface area contributed by atoms with Gasteiger partial charge in [0.15, 0.2) is 0 Å². The van der Waals surface area contributed by atoms with Gasteiger partial charge in [-0.3, -0.25) is 14.5 Å². The van der Waals surface area contributed by atoms with Gasteiger partial charge in [-0.05, 0) is 72.2 Å². The van der Waals surface area contributed by atoms with Crippen molar-refractivity contribution in [1.82, 2.24) is 0 Å². The minimum Gasteiger partial charge on any atom is -0.507 e. The number of hydrogen-bond acceptors (Lipinski definition) is 4. The number of hydrogen-bond donors (Lipinski definition) is 1. The molecule has 0 saturated carbocycles. The number of carbonyl (C=O) groups is 2. The van der Waals surface area contributed by atoms with Gasteiger partial charge in [-0.2, -0.15) is 0 Å². The molecule has 0 radical (unpaired) electrons. The van der Waals surface area contributed by atoms with Crippen molar-refractivity contribution in [1.29, 1.82) is 0 Å². The lowest BCUT2D eigenvalue weighted by Crippen LogP contribution is -2.29. The van der Waals surface area contributed by atoms with E-state index in [1.807, 2.05) is 80.6 Å². The van der Waals surface area contributed by atoms with Crippen LogP contribution in [-0.2, 0) is 15.0 Å². The lowest BCUT2D eigenvalue weighted by atomic mass is 9.84. The Morgan fingerprint density at radius 3 is 2.29 bits per heavy atom. The molecule has 1 aliphatic heterocycles. The minimum atomic E-state index is -0.807. The van der Waals surface area contributed by atoms with Crippen LogP contribution in [-0.4, -0.2) is 23.4 Å². The third-order valence-corrected chi connectivity index (χ3v) is 6.87. The highest BCUT2D eigenvalue weighted by atomic mass is 16.5. The second-order valence-corrected chi connectivity index (χ2v) is 11.6. The molecule has 1 amide bonds. The predicted octanol–water partition coefficient (Wildman–Crippen LogP) is 7.26. The van der Waals surface area contributed by atoms with Crippen molar-refractivity contribution in [3.8, 4) is 5.75 Å². The largest absolute Gasteiger partial charge is 0.507 e. The maximum absolute atomic E-state index is 13.6. The Morgan fingerprint density at radius 2 is 1.66 bits per heavy atom. The fourth-order valence-electron chi connectivity index (χ4n) is 4.65. The summed E-state index contributed by atoms with van der Waals surface area (Å²) in [5.74, 6) is -0.549. The maximum atomic E-state index is 13.6. The highest BCUT2D eigenvalue weighted by Crippen LogP contribution is 2.43. The average Bonchev–Trinajstić information content (AvgIpc) is 3.13. The second-order valence-electron chi connectivity index (χ2n) is 11.6. The summed E-state index contributed by atoms with van der Waals surface area (Å²) < 4.78 is 5.96. The number of benzene rings is 3. The van der Waals surface area contributed by atoms with Crippen molar-refractivity contribution in [2.75, 3.05) is 11.5 Å². The van der Waals surface area contributed by atoms with Crippen LogP contribution in [0.2, 0.25) is 0 Å². The number of rotatable bonds is 6. The number of Topliss-reactive ketones (excluding diaryl/α,β-unsaturated/α-hetero) is 1. The van der Waals surface area contributed by atoms with Crippen LogP contribution in [0.5, 0.6) is 5.75 Å². The number of aliphatic hydroxyl groups is 1. The van der Waals surface area contributed by atoms with E-state index in [4.69, 9.17) is 4.74 Å². The Labute approximate surface area is 225 Å². The molecule has 38 heavy (non-hydrogen) atoms. The Hall–Kier alpha value is -3.86. The molecule has 3 aromatic rings. The number of aliphatic hydroxyl groups excluding tert-OH is 1. The van der Waals surface area contributed by atoms with Crippen molar-refractivity contribution >= 4 is 23.1 Å². The normalized spacial score (nSPS) is 17.4. The molecule has 1 heterocycles. The van der Waals surface area contributed by atoms with Crippen LogP contribution in [0.25, 0.3) is 5.76 Å². The van der Waals surface area contributed by atoms with Gasteiger partial charge in [0, 0.05) is 11.3 Å². The van der Waals surface area contributed by atoms with Gasteiger partial charge in [0.05, 0.1) is 18.2 Å². The number of aryl methyl sites for hydroxylation is 2. The summed E-state index contributed by atoms with van der Waals surface area (Å²) in [5.41, 5.74) is 4.65. The number of ether oxygens (including phenoxy) is 1. The van der Waals surface area contributed by atoms with Crippen LogP contribution in [0.4, 0.5) is 5.69 Å². The maximum Gasteiger partial charge on any atom is 0.300 e. The topological polar surface area (TPSA) is 66.8 Å². The first-order chi connectivity index (χ1) is 17.9. The van der Waals surface area contributed by atoms with Crippen LogP contribution >= 0.6 is 0 Å². The molecule has 4 rings (SSSR count). The molecule has 1 atom stereocenters. The van der Waals surface area contributed by atoms with Crippen LogP contribution in [0.15, 0.2) is 72.3 Å². The van der Waals surface area contributed by atoms with E-state index in [9.17, 15) is 14.7 Å². The summed E-state index contributed by atoms with van der Waals surface area (Å²) in [7, 11) is 0. The molecule has 0 aliphatic carbocycles. The van der Waals surface area contributed by atoms with Crippen LogP contribution in [0, 0.1) is 19.8 Å². The average molecular weight is 512 g/mol. The molecular formula is C33H37NO4. The zero-order valence-corrected chi connectivity index (χ0v) is 23.3. The van der Waals surface area contributed by atoms with E-state index in [-0.39, 0.29) is 16.7 Å². The second kappa shape index (κ2) is 10.5. The fourth-order valence-corrected chi connectivity index (χ4v) is 4.65. The van der Waals surface area contributed by atoms with Crippen LogP contribution in [0.3, 0.4) is 0 Å². The van der Waals surface area contributed by atoms with E-state index in [0.717, 1.165) is 16.7 Å². The number of nitrogens with zero attached hydrogens (tertiary/aromatic N) is 1. The third kappa shape index (κ3) is 5.38. The first kappa shape index (κ1) is 27.2. The van der Waals surface area contributed by atoms with E-state index < -0.39 is 17.7 Å². The molecule has 0 bridgehead atoms. The van der Waals surface area contributed by atoms with Crippen LogP contribution in [0.1, 0.15) is 68.5 Å². The Bertz CT molecular complexity index is 1390. The van der Waals surface area contributed by atoms with Crippen LogP contribution < -0.4 is 9.64 Å². The Balaban J connectivity index is 1.94. The third-order valence-electron chi connectivity index (χ3n) is 6.87. The molecule has 0 aromatic heterocycles. The zero-order valence-electron chi connectivity index (χ0n) is 23.3. The Kier molecular flexibility index (Phi) is 7.50. The molecule has 1 aliphatic rings. The standard InChI is InChI=1S/C33H37NO4/c1-20(2)19-38-26-10-8-9-23(17-26)29-28(30(35)27-18-24(33(5,6)7)14-13-22(27)4)31(36)32(37)34(29)25-15-11-21(3)12-16-25/h8-18,20,29,35H,19H2,1-7H3/b30-28+. The molecule has 1 N–H and O–H groups in total. The predicted molar refractivity (Wildman–Crippen MR) is 153 cm³/mol. The van der Waals surface area contributed by atoms with E-state index in [2.05, 4.69) is 34.6 Å². The monoisotopic (exact) mass is 511 g/mol. The lowest BCUT2D eigenvalue weighted by Gasteiger charge is -2.26. The van der Waals surface area contributed by atoms with E-state index in [0.29, 0.717) is 35.1 Å². The van der Waals surface area contributed by atoms with E-state index >= 15 is 0 Å². The van der Waals surface area contributed by atoms with Gasteiger partial charge < -0.3 is 9.84 Å². The molecule has 198 valence electrons. The Morgan fingerprint density at radius 1 is 0.974 bits per heavy atom. The molecule has 0 spiro atoms. The molecule has 5 heteroatoms. The SMILES string of the molecule is Cc1ccc(N2C(=O)C(=O)/C(=C(/O)c3cc(C(C)(C)C)ccc3C)C2c2cccc(OCC(C)C)c2)cc1. The van der Waals surface area contributed by atoms with Gasteiger partial charge in [0.1, 0.15) is 11.5 Å². The van der Waals surface area contributed by atoms with Gasteiger partial charge in [-0.25, -0.2) is 0 Å². The first-order valence-corrected chi connectivity index (χ1v) is 13.1. The van der Waals surface area contributed by atoms with Crippen molar-refractivity contribution in [3.63, 3.8) is 0 Å².